The van der Waals surface area contributed by atoms with Gasteiger partial charge in [0.15, 0.2) is 10.5 Å². The molecule has 0 saturated heterocycles. The van der Waals surface area contributed by atoms with Crippen molar-refractivity contribution in [2.24, 2.45) is 0 Å². The Hall–Kier alpha value is -4.76. The molecule has 3 aromatic carbocycles. The predicted octanol–water partition coefficient (Wildman–Crippen LogP) is 5.15. The van der Waals surface area contributed by atoms with Crippen LogP contribution >= 0.6 is 12.2 Å². The van der Waals surface area contributed by atoms with Crippen molar-refractivity contribution in [3.8, 4) is 5.69 Å². The first-order chi connectivity index (χ1) is 17.0. The van der Waals surface area contributed by atoms with Crippen molar-refractivity contribution in [2.75, 3.05) is 10.6 Å². The third-order valence-corrected chi connectivity index (χ3v) is 5.60. The summed E-state index contributed by atoms with van der Waals surface area (Å²) in [5.41, 5.74) is 2.31. The van der Waals surface area contributed by atoms with Gasteiger partial charge in [0.05, 0.1) is 22.9 Å². The number of fused-ring (bicyclic) bond motifs is 1. The molecule has 2 amide bonds. The van der Waals surface area contributed by atoms with Crippen molar-refractivity contribution >= 4 is 46.3 Å². The summed E-state index contributed by atoms with van der Waals surface area (Å²) in [5, 5.41) is 5.93. The fourth-order valence-electron chi connectivity index (χ4n) is 3.61. The van der Waals surface area contributed by atoms with Crippen LogP contribution in [0.5, 0.6) is 0 Å². The van der Waals surface area contributed by atoms with Crippen molar-refractivity contribution < 1.29 is 14.0 Å². The topological polar surface area (TPSA) is 109 Å². The number of furan rings is 1. The largest absolute Gasteiger partial charge is 0.459 e. The molecule has 0 spiro atoms. The Kier molecular flexibility index (Phi) is 5.82. The van der Waals surface area contributed by atoms with Gasteiger partial charge in [0.1, 0.15) is 0 Å². The Morgan fingerprint density at radius 2 is 1.51 bits per heavy atom. The maximum atomic E-state index is 13.0. The predicted molar refractivity (Wildman–Crippen MR) is 136 cm³/mol. The van der Waals surface area contributed by atoms with E-state index in [4.69, 9.17) is 16.6 Å². The molecule has 0 radical (unpaired) electrons. The van der Waals surface area contributed by atoms with Gasteiger partial charge in [0, 0.05) is 16.9 Å². The average molecular weight is 483 g/mol. The van der Waals surface area contributed by atoms with E-state index in [-0.39, 0.29) is 27.9 Å². The van der Waals surface area contributed by atoms with Crippen LogP contribution in [0.25, 0.3) is 16.6 Å². The van der Waals surface area contributed by atoms with Gasteiger partial charge < -0.3 is 20.0 Å². The van der Waals surface area contributed by atoms with Gasteiger partial charge in [0.2, 0.25) is 0 Å². The lowest BCUT2D eigenvalue weighted by Gasteiger charge is -2.10. The summed E-state index contributed by atoms with van der Waals surface area (Å²) in [4.78, 5) is 41.0. The fourth-order valence-corrected chi connectivity index (χ4v) is 3.91. The number of hydrogen-bond acceptors (Lipinski definition) is 5. The molecule has 3 N–H and O–H groups in total. The van der Waals surface area contributed by atoms with Crippen LogP contribution in [0.2, 0.25) is 0 Å². The minimum atomic E-state index is -0.369. The second-order valence-corrected chi connectivity index (χ2v) is 8.02. The molecule has 0 aliphatic rings. The lowest BCUT2D eigenvalue weighted by Crippen LogP contribution is -2.21. The maximum absolute atomic E-state index is 13.0. The number of nitrogens with zero attached hydrogens (tertiary/aromatic N) is 1. The first-order valence-electron chi connectivity index (χ1n) is 10.6. The summed E-state index contributed by atoms with van der Waals surface area (Å²) in [6.45, 7) is 0. The molecule has 2 aromatic heterocycles. The van der Waals surface area contributed by atoms with E-state index >= 15 is 0 Å². The van der Waals surface area contributed by atoms with Gasteiger partial charge in [-0.15, -0.1) is 0 Å². The highest BCUT2D eigenvalue weighted by molar-refractivity contribution is 7.71. The molecule has 0 saturated carbocycles. The molecule has 0 aliphatic heterocycles. The van der Waals surface area contributed by atoms with E-state index in [1.165, 1.54) is 10.8 Å². The Balaban J connectivity index is 1.35. The summed E-state index contributed by atoms with van der Waals surface area (Å²) >= 11 is 5.40. The van der Waals surface area contributed by atoms with Crippen LogP contribution in [0.4, 0.5) is 11.4 Å². The molecule has 8 nitrogen and oxygen atoms in total. The molecule has 0 bridgehead atoms. The van der Waals surface area contributed by atoms with E-state index in [9.17, 15) is 14.4 Å². The monoisotopic (exact) mass is 482 g/mol. The normalized spacial score (nSPS) is 10.7. The van der Waals surface area contributed by atoms with Crippen molar-refractivity contribution in [1.29, 1.82) is 0 Å². The zero-order chi connectivity index (χ0) is 24.4. The zero-order valence-corrected chi connectivity index (χ0v) is 19.0. The van der Waals surface area contributed by atoms with E-state index in [2.05, 4.69) is 15.6 Å². The molecular weight excluding hydrogens is 464 g/mol. The van der Waals surface area contributed by atoms with Gasteiger partial charge in [-0.05, 0) is 78.9 Å². The first-order valence-corrected chi connectivity index (χ1v) is 11.0. The second kappa shape index (κ2) is 9.24. The number of anilines is 2. The van der Waals surface area contributed by atoms with Crippen LogP contribution in [0.1, 0.15) is 20.9 Å². The number of para-hydroxylation sites is 1. The van der Waals surface area contributed by atoms with Crippen LogP contribution < -0.4 is 16.2 Å². The molecule has 35 heavy (non-hydrogen) atoms. The van der Waals surface area contributed by atoms with Crippen molar-refractivity contribution in [3.05, 3.63) is 118 Å². The molecular formula is C26H18N4O4S. The zero-order valence-electron chi connectivity index (χ0n) is 18.1. The SMILES string of the molecule is O=C(Nc1ccc(NC(=O)c2ccco2)cc1)c1ccc2c(=O)n(-c3ccccc3)c(=S)[nH]c2c1. The number of aromatic nitrogens is 2. The van der Waals surface area contributed by atoms with Crippen LogP contribution in [0.15, 0.2) is 100 Å². The number of H-pyrrole nitrogens is 1. The van der Waals surface area contributed by atoms with E-state index in [1.54, 1.807) is 66.7 Å². The lowest BCUT2D eigenvalue weighted by atomic mass is 10.1. The summed E-state index contributed by atoms with van der Waals surface area (Å²) in [7, 11) is 0. The molecule has 172 valence electrons. The number of amides is 2. The summed E-state index contributed by atoms with van der Waals surface area (Å²) in [5.74, 6) is -0.522. The Labute approximate surface area is 203 Å². The van der Waals surface area contributed by atoms with Gasteiger partial charge in [-0.1, -0.05) is 18.2 Å². The fraction of sp³-hybridized carbons (Fsp3) is 0. The third kappa shape index (κ3) is 4.53. The first kappa shape index (κ1) is 22.1. The Morgan fingerprint density at radius 3 is 2.17 bits per heavy atom. The van der Waals surface area contributed by atoms with E-state index < -0.39 is 0 Å². The third-order valence-electron chi connectivity index (χ3n) is 5.32. The standard InChI is InChI=1S/C26H18N4O4S/c31-23(27-17-9-11-18(12-10-17)28-24(32)22-7-4-14-34-22)16-8-13-20-21(15-16)29-26(35)30(25(20)33)19-5-2-1-3-6-19/h1-15H,(H,27,31)(H,28,32)(H,29,35). The molecule has 0 unspecified atom stereocenters. The van der Waals surface area contributed by atoms with Gasteiger partial charge >= 0.3 is 0 Å². The van der Waals surface area contributed by atoms with Crippen molar-refractivity contribution in [2.45, 2.75) is 0 Å². The van der Waals surface area contributed by atoms with E-state index in [1.807, 2.05) is 18.2 Å². The summed E-state index contributed by atoms with van der Waals surface area (Å²) in [6, 6.07) is 23.8. The summed E-state index contributed by atoms with van der Waals surface area (Å²) < 4.78 is 6.72. The highest BCUT2D eigenvalue weighted by atomic mass is 32.1. The van der Waals surface area contributed by atoms with E-state index in [0.29, 0.717) is 33.5 Å². The minimum absolute atomic E-state index is 0.202. The van der Waals surface area contributed by atoms with Gasteiger partial charge in [-0.25, -0.2) is 0 Å². The van der Waals surface area contributed by atoms with Gasteiger partial charge in [-0.3, -0.25) is 19.0 Å². The molecule has 0 aliphatic carbocycles. The number of benzene rings is 3. The van der Waals surface area contributed by atoms with Crippen molar-refractivity contribution in [1.82, 2.24) is 9.55 Å². The Bertz CT molecular complexity index is 1650. The van der Waals surface area contributed by atoms with Gasteiger partial charge in [-0.2, -0.15) is 0 Å². The quantitative estimate of drug-likeness (QED) is 0.300. The average Bonchev–Trinajstić information content (AvgIpc) is 3.41. The highest BCUT2D eigenvalue weighted by Gasteiger charge is 2.12. The molecule has 5 aromatic rings. The molecule has 0 fully saturated rings. The molecule has 0 atom stereocenters. The maximum Gasteiger partial charge on any atom is 0.291 e. The smallest absolute Gasteiger partial charge is 0.291 e. The number of rotatable bonds is 5. The number of carbonyl (C=O) groups excluding carboxylic acids is 2. The number of carbonyl (C=O) groups is 2. The molecule has 2 heterocycles. The molecule has 9 heteroatoms. The Morgan fingerprint density at radius 1 is 0.829 bits per heavy atom. The number of aromatic amines is 1. The number of hydrogen-bond donors (Lipinski definition) is 3. The van der Waals surface area contributed by atoms with E-state index in [0.717, 1.165) is 0 Å². The van der Waals surface area contributed by atoms with Crippen molar-refractivity contribution in [3.63, 3.8) is 0 Å². The highest BCUT2D eigenvalue weighted by Crippen LogP contribution is 2.18. The van der Waals surface area contributed by atoms with Crippen LogP contribution in [0.3, 0.4) is 0 Å². The lowest BCUT2D eigenvalue weighted by molar-refractivity contribution is 0.0994. The van der Waals surface area contributed by atoms with Gasteiger partial charge in [0.25, 0.3) is 17.4 Å². The summed E-state index contributed by atoms with van der Waals surface area (Å²) in [6.07, 6.45) is 1.42. The van der Waals surface area contributed by atoms with Crippen LogP contribution in [-0.2, 0) is 0 Å². The minimum Gasteiger partial charge on any atom is -0.459 e. The second-order valence-electron chi connectivity index (χ2n) is 7.63. The van der Waals surface area contributed by atoms with Crippen LogP contribution in [-0.4, -0.2) is 21.4 Å². The van der Waals surface area contributed by atoms with Crippen LogP contribution in [0, 0.1) is 4.77 Å². The molecule has 5 rings (SSSR count). The number of nitrogens with one attached hydrogen (secondary N) is 3.